The van der Waals surface area contributed by atoms with Gasteiger partial charge in [0.25, 0.3) is 5.91 Å². The minimum Gasteiger partial charge on any atom is -0.371 e. The van der Waals surface area contributed by atoms with Gasteiger partial charge in [0.05, 0.1) is 11.1 Å². The zero-order chi connectivity index (χ0) is 26.4. The van der Waals surface area contributed by atoms with Crippen molar-refractivity contribution in [2.45, 2.75) is 32.0 Å². The summed E-state index contributed by atoms with van der Waals surface area (Å²) in [4.78, 5) is 14.0. The van der Waals surface area contributed by atoms with Gasteiger partial charge in [-0.25, -0.2) is 4.39 Å². The van der Waals surface area contributed by atoms with Crippen LogP contribution in [0.15, 0.2) is 66.7 Å². The van der Waals surface area contributed by atoms with Crippen LogP contribution in [0.4, 0.5) is 34.6 Å². The fourth-order valence-corrected chi connectivity index (χ4v) is 4.36. The number of thiocarbonyl (C=S) groups is 1. The Morgan fingerprint density at radius 1 is 0.892 bits per heavy atom. The summed E-state index contributed by atoms with van der Waals surface area (Å²) in [7, 11) is 0. The molecule has 0 radical (unpaired) electrons. The van der Waals surface area contributed by atoms with E-state index in [9.17, 15) is 22.4 Å². The molecule has 0 saturated carbocycles. The van der Waals surface area contributed by atoms with Gasteiger partial charge in [0.2, 0.25) is 0 Å². The number of halogens is 4. The molecule has 3 N–H and O–H groups in total. The van der Waals surface area contributed by atoms with Crippen LogP contribution in [0.25, 0.3) is 0 Å². The molecule has 0 spiro atoms. The van der Waals surface area contributed by atoms with Crippen LogP contribution in [0.3, 0.4) is 0 Å². The Balaban J connectivity index is 1.34. The lowest BCUT2D eigenvalue weighted by molar-refractivity contribution is -0.137. The Hall–Kier alpha value is -3.66. The second-order valence-corrected chi connectivity index (χ2v) is 9.12. The third-order valence-electron chi connectivity index (χ3n) is 6.04. The first-order chi connectivity index (χ1) is 17.7. The molecule has 1 heterocycles. The smallest absolute Gasteiger partial charge is 0.371 e. The number of hydrogen-bond acceptors (Lipinski definition) is 3. The average molecular weight is 531 g/mol. The number of rotatable bonds is 6. The molecule has 1 saturated heterocycles. The summed E-state index contributed by atoms with van der Waals surface area (Å²) in [5.41, 5.74) is 1.06. The van der Waals surface area contributed by atoms with Crippen LogP contribution in [-0.4, -0.2) is 24.1 Å². The van der Waals surface area contributed by atoms with Gasteiger partial charge in [0.1, 0.15) is 5.82 Å². The lowest BCUT2D eigenvalue weighted by Gasteiger charge is -2.31. The summed E-state index contributed by atoms with van der Waals surface area (Å²) in [6.45, 7) is 1.37. The number of anilines is 3. The van der Waals surface area contributed by atoms with Crippen LogP contribution in [0.5, 0.6) is 0 Å². The lowest BCUT2D eigenvalue weighted by atomic mass is 10.0. The summed E-state index contributed by atoms with van der Waals surface area (Å²) < 4.78 is 55.1. The maximum atomic E-state index is 13.8. The molecule has 3 aromatic rings. The predicted octanol–water partition coefficient (Wildman–Crippen LogP) is 6.57. The Morgan fingerprint density at radius 3 is 2.19 bits per heavy atom. The van der Waals surface area contributed by atoms with Gasteiger partial charge >= 0.3 is 6.18 Å². The van der Waals surface area contributed by atoms with E-state index in [-0.39, 0.29) is 22.9 Å². The maximum Gasteiger partial charge on any atom is 0.418 e. The SMILES string of the molecule is O=C(Nc1ccc(NC(=S)NCc2ccc(N3CCCCC3)c(C(F)(F)F)c2)cc1)c1ccccc1F. The molecule has 0 unspecified atom stereocenters. The van der Waals surface area contributed by atoms with E-state index < -0.39 is 23.5 Å². The summed E-state index contributed by atoms with van der Waals surface area (Å²) in [5.74, 6) is -1.18. The van der Waals surface area contributed by atoms with E-state index in [1.165, 1.54) is 30.3 Å². The largest absolute Gasteiger partial charge is 0.418 e. The van der Waals surface area contributed by atoms with E-state index in [0.29, 0.717) is 30.0 Å². The molecule has 0 aromatic heterocycles. The number of carbonyl (C=O) groups is 1. The molecule has 1 amide bonds. The van der Waals surface area contributed by atoms with Gasteiger partial charge in [0.15, 0.2) is 5.11 Å². The van der Waals surface area contributed by atoms with Crippen molar-refractivity contribution in [1.29, 1.82) is 0 Å². The van der Waals surface area contributed by atoms with Crippen LogP contribution >= 0.6 is 12.2 Å². The summed E-state index contributed by atoms with van der Waals surface area (Å²) in [6.07, 6.45) is -1.64. The molecule has 0 atom stereocenters. The van der Waals surface area contributed by atoms with Crippen molar-refractivity contribution in [1.82, 2.24) is 5.32 Å². The minimum absolute atomic E-state index is 0.0623. The topological polar surface area (TPSA) is 56.4 Å². The molecular formula is C27H26F4N4OS. The number of hydrogen-bond donors (Lipinski definition) is 3. The van der Waals surface area contributed by atoms with Crippen molar-refractivity contribution in [2.75, 3.05) is 28.6 Å². The molecule has 0 aliphatic carbocycles. The van der Waals surface area contributed by atoms with Crippen LogP contribution in [0.2, 0.25) is 0 Å². The maximum absolute atomic E-state index is 13.8. The molecule has 5 nitrogen and oxygen atoms in total. The van der Waals surface area contributed by atoms with E-state index in [0.717, 1.165) is 19.3 Å². The van der Waals surface area contributed by atoms with Gasteiger partial charge in [0, 0.05) is 36.7 Å². The van der Waals surface area contributed by atoms with Crippen molar-refractivity contribution in [2.24, 2.45) is 0 Å². The summed E-state index contributed by atoms with van der Waals surface area (Å²) in [5, 5.41) is 8.74. The highest BCUT2D eigenvalue weighted by Gasteiger charge is 2.35. The van der Waals surface area contributed by atoms with Crippen molar-refractivity contribution < 1.29 is 22.4 Å². The van der Waals surface area contributed by atoms with E-state index in [4.69, 9.17) is 12.2 Å². The summed E-state index contributed by atoms with van der Waals surface area (Å²) >= 11 is 5.29. The Bertz CT molecular complexity index is 1260. The first-order valence-electron chi connectivity index (χ1n) is 11.9. The number of piperidine rings is 1. The van der Waals surface area contributed by atoms with E-state index in [2.05, 4.69) is 16.0 Å². The zero-order valence-electron chi connectivity index (χ0n) is 19.9. The number of benzene rings is 3. The number of alkyl halides is 3. The third kappa shape index (κ3) is 6.97. The van der Waals surface area contributed by atoms with Gasteiger partial charge in [-0.3, -0.25) is 4.79 Å². The standard InChI is InChI=1S/C27H26F4N4OS/c28-23-7-3-2-6-21(23)25(36)33-19-9-11-20(12-10-19)34-26(37)32-17-18-8-13-24(22(16-18)27(29,30)31)35-14-4-1-5-15-35/h2-3,6-13,16H,1,4-5,14-15,17H2,(H,33,36)(H2,32,34,37). The fraction of sp³-hybridized carbons (Fsp3) is 0.259. The second kappa shape index (κ2) is 11.6. The predicted molar refractivity (Wildman–Crippen MR) is 141 cm³/mol. The highest BCUT2D eigenvalue weighted by molar-refractivity contribution is 7.80. The molecular weight excluding hydrogens is 504 g/mol. The molecule has 194 valence electrons. The quantitative estimate of drug-likeness (QED) is 0.249. The van der Waals surface area contributed by atoms with Gasteiger partial charge < -0.3 is 20.9 Å². The van der Waals surface area contributed by atoms with Crippen molar-refractivity contribution in [3.05, 3.63) is 89.2 Å². The van der Waals surface area contributed by atoms with Crippen molar-refractivity contribution >= 4 is 40.3 Å². The van der Waals surface area contributed by atoms with Gasteiger partial charge in [-0.05, 0) is 85.6 Å². The third-order valence-corrected chi connectivity index (χ3v) is 6.28. The number of amides is 1. The van der Waals surface area contributed by atoms with Crippen LogP contribution in [-0.2, 0) is 12.7 Å². The molecule has 10 heteroatoms. The number of carbonyl (C=O) groups excluding carboxylic acids is 1. The number of nitrogens with zero attached hydrogens (tertiary/aromatic N) is 1. The van der Waals surface area contributed by atoms with E-state index >= 15 is 0 Å². The average Bonchev–Trinajstić information content (AvgIpc) is 2.89. The number of nitrogens with one attached hydrogen (secondary N) is 3. The van der Waals surface area contributed by atoms with Gasteiger partial charge in [-0.2, -0.15) is 13.2 Å². The van der Waals surface area contributed by atoms with E-state index in [1.807, 2.05) is 0 Å². The Labute approximate surface area is 217 Å². The monoisotopic (exact) mass is 530 g/mol. The normalized spacial score (nSPS) is 13.7. The van der Waals surface area contributed by atoms with Crippen molar-refractivity contribution in [3.8, 4) is 0 Å². The highest BCUT2D eigenvalue weighted by Crippen LogP contribution is 2.38. The molecule has 4 rings (SSSR count). The Morgan fingerprint density at radius 2 is 1.54 bits per heavy atom. The molecule has 37 heavy (non-hydrogen) atoms. The van der Waals surface area contributed by atoms with Crippen LogP contribution in [0, 0.1) is 5.82 Å². The van der Waals surface area contributed by atoms with E-state index in [1.54, 1.807) is 41.3 Å². The first kappa shape index (κ1) is 26.4. The van der Waals surface area contributed by atoms with Crippen molar-refractivity contribution in [3.63, 3.8) is 0 Å². The molecule has 1 aliphatic heterocycles. The molecule has 1 aliphatic rings. The first-order valence-corrected chi connectivity index (χ1v) is 12.3. The van der Waals surface area contributed by atoms with Crippen LogP contribution in [0.1, 0.15) is 40.7 Å². The van der Waals surface area contributed by atoms with Crippen LogP contribution < -0.4 is 20.9 Å². The Kier molecular flexibility index (Phi) is 8.27. The highest BCUT2D eigenvalue weighted by atomic mass is 32.1. The van der Waals surface area contributed by atoms with Gasteiger partial charge in [-0.1, -0.05) is 18.2 Å². The molecule has 1 fully saturated rings. The fourth-order valence-electron chi connectivity index (χ4n) is 4.17. The zero-order valence-corrected chi connectivity index (χ0v) is 20.7. The lowest BCUT2D eigenvalue weighted by Crippen LogP contribution is -2.31. The van der Waals surface area contributed by atoms with Gasteiger partial charge in [-0.15, -0.1) is 0 Å². The summed E-state index contributed by atoms with van der Waals surface area (Å²) in [6, 6.07) is 16.7. The second-order valence-electron chi connectivity index (χ2n) is 8.72. The molecule has 0 bridgehead atoms. The molecule has 3 aromatic carbocycles. The minimum atomic E-state index is -4.45.